The standard InChI is InChI=1S/C105H182O16P2/c1-4-7-10-13-16-19-22-25-28-31-34-37-39-41-43-45-47-48-49-50-52-54-55-57-59-62-64-67-70-73-76-79-82-85-88-91-103(108)115-94-100(106)95-117-122(111,112)118-96-101(107)97-119-123(113,114)120-99-102(121-105(110)93-90-87-84-81-78-75-72-69-66-61-36-33-30-27-24-21-18-15-12-9-6-3)98-116-104(109)92-89-86-83-80-77-74-71-68-65-63-60-58-56-53-51-46-44-42-40-38-35-32-29-26-23-20-17-14-11-8-5-2/h9,12,16-21,25-30,34-38,41-44,61,69,72,100-102,106-107H,4-8,10-11,13-15,22-24,31-33,39-40,45-60,62-68,70-71,73-99H2,1-3H3,(H,111,112)(H,113,114)/b12-9-,19-16-,20-17-,21-18-,28-25-,29-26-,30-27-,37-34-,38-35-,43-41-,44-42-,61-36-,72-69-. The normalized spacial score (nSPS) is 14.4. The van der Waals surface area contributed by atoms with Gasteiger partial charge in [-0.3, -0.25) is 32.5 Å². The molecule has 0 saturated carbocycles. The van der Waals surface area contributed by atoms with E-state index in [0.29, 0.717) is 19.3 Å². The first-order chi connectivity index (χ1) is 60.2. The van der Waals surface area contributed by atoms with E-state index in [-0.39, 0.29) is 19.3 Å². The van der Waals surface area contributed by atoms with Crippen LogP contribution in [0.15, 0.2) is 158 Å². The Kier molecular flexibility index (Phi) is 92.5. The molecule has 0 spiro atoms. The molecule has 0 aliphatic rings. The zero-order valence-corrected chi connectivity index (χ0v) is 80.1. The molecule has 0 rings (SSSR count). The Balaban J connectivity index is 4.53. The van der Waals surface area contributed by atoms with Gasteiger partial charge in [0, 0.05) is 19.3 Å². The van der Waals surface area contributed by atoms with E-state index in [0.717, 1.165) is 141 Å². The topological polar surface area (TPSA) is 231 Å². The second kappa shape index (κ2) is 96.3. The van der Waals surface area contributed by atoms with Crippen LogP contribution < -0.4 is 0 Å². The van der Waals surface area contributed by atoms with Gasteiger partial charge in [0.15, 0.2) is 6.10 Å². The van der Waals surface area contributed by atoms with Gasteiger partial charge >= 0.3 is 33.6 Å². The highest BCUT2D eigenvalue weighted by molar-refractivity contribution is 7.47. The third-order valence-electron chi connectivity index (χ3n) is 21.2. The summed E-state index contributed by atoms with van der Waals surface area (Å²) in [5, 5.41) is 20.8. The molecule has 16 nitrogen and oxygen atoms in total. The van der Waals surface area contributed by atoms with E-state index in [1.807, 2.05) is 0 Å². The molecule has 123 heavy (non-hydrogen) atoms. The van der Waals surface area contributed by atoms with Crippen LogP contribution in [-0.4, -0.2) is 95.9 Å². The lowest BCUT2D eigenvalue weighted by Crippen LogP contribution is -2.30. The summed E-state index contributed by atoms with van der Waals surface area (Å²) in [6.07, 6.45) is 125. The highest BCUT2D eigenvalue weighted by atomic mass is 31.2. The number of hydrogen-bond acceptors (Lipinski definition) is 14. The summed E-state index contributed by atoms with van der Waals surface area (Å²) in [6, 6.07) is 0. The van der Waals surface area contributed by atoms with Crippen molar-refractivity contribution < 1.29 is 75.8 Å². The SMILES string of the molecule is CC/C=C\C/C=C\C/C=C\C/C=C\C/C=C\CCCCCCCC(=O)OC(COC(=O)CCCCCCCCCCCCCCCCC/C=C\C/C=C\C/C=C\C/C=C\CCCCC)COP(=O)(O)OCC(O)COP(=O)(O)OCC(O)COC(=O)CCCCCCCCCCCCCCCCCCCCC/C=C\C/C=C\C/C=C\C/C=C\CCCCC. The second-order valence-corrected chi connectivity index (χ2v) is 36.1. The molecule has 0 saturated heterocycles. The maximum absolute atomic E-state index is 13.1. The molecular formula is C105H182O16P2. The number of carbonyl (C=O) groups excluding carboxylic acids is 3. The zero-order chi connectivity index (χ0) is 89.3. The maximum atomic E-state index is 13.1. The number of carbonyl (C=O) groups is 3. The third-order valence-corrected chi connectivity index (χ3v) is 23.1. The minimum absolute atomic E-state index is 0.0798. The van der Waals surface area contributed by atoms with E-state index >= 15 is 0 Å². The molecule has 0 heterocycles. The Morgan fingerprint density at radius 3 is 0.683 bits per heavy atom. The van der Waals surface area contributed by atoms with Crippen LogP contribution in [0, 0.1) is 0 Å². The van der Waals surface area contributed by atoms with Gasteiger partial charge in [-0.05, 0) is 154 Å². The molecule has 5 atom stereocenters. The van der Waals surface area contributed by atoms with Crippen molar-refractivity contribution in [3.05, 3.63) is 158 Å². The Hall–Kier alpha value is -4.83. The lowest BCUT2D eigenvalue weighted by molar-refractivity contribution is -0.161. The van der Waals surface area contributed by atoms with Gasteiger partial charge in [-0.15, -0.1) is 0 Å². The van der Waals surface area contributed by atoms with Crippen molar-refractivity contribution in [2.75, 3.05) is 39.6 Å². The molecule has 0 aliphatic carbocycles. The summed E-state index contributed by atoms with van der Waals surface area (Å²) in [4.78, 5) is 59.1. The van der Waals surface area contributed by atoms with E-state index in [1.54, 1.807) is 0 Å². The molecule has 0 bridgehead atoms. The molecule has 0 aromatic carbocycles. The zero-order valence-electron chi connectivity index (χ0n) is 78.3. The van der Waals surface area contributed by atoms with Crippen LogP contribution in [0.3, 0.4) is 0 Å². The average Bonchev–Trinajstić information content (AvgIpc) is 0.898. The van der Waals surface area contributed by atoms with Gasteiger partial charge in [0.1, 0.15) is 25.4 Å². The van der Waals surface area contributed by atoms with Gasteiger partial charge in [0.25, 0.3) is 0 Å². The predicted molar refractivity (Wildman–Crippen MR) is 519 cm³/mol. The van der Waals surface area contributed by atoms with Crippen molar-refractivity contribution in [2.24, 2.45) is 0 Å². The summed E-state index contributed by atoms with van der Waals surface area (Å²) < 4.78 is 61.6. The quantitative estimate of drug-likeness (QED) is 0.0146. The number of allylic oxidation sites excluding steroid dienone is 26. The van der Waals surface area contributed by atoms with Crippen molar-refractivity contribution in [3.8, 4) is 0 Å². The minimum atomic E-state index is -4.95. The average molecular weight is 1760 g/mol. The van der Waals surface area contributed by atoms with Gasteiger partial charge in [-0.25, -0.2) is 9.13 Å². The van der Waals surface area contributed by atoms with Crippen LogP contribution >= 0.6 is 15.6 Å². The van der Waals surface area contributed by atoms with Gasteiger partial charge in [0.2, 0.25) is 0 Å². The van der Waals surface area contributed by atoms with Crippen molar-refractivity contribution in [3.63, 3.8) is 0 Å². The molecular weight excluding hydrogens is 1580 g/mol. The first kappa shape index (κ1) is 118. The predicted octanol–water partition coefficient (Wildman–Crippen LogP) is 31.2. The van der Waals surface area contributed by atoms with Crippen LogP contribution in [-0.2, 0) is 55.8 Å². The Morgan fingerprint density at radius 1 is 0.236 bits per heavy atom. The minimum Gasteiger partial charge on any atom is -0.463 e. The number of phosphoric ester groups is 2. The second-order valence-electron chi connectivity index (χ2n) is 33.2. The molecule has 0 radical (unpaired) electrons. The monoisotopic (exact) mass is 1760 g/mol. The maximum Gasteiger partial charge on any atom is 0.472 e. The number of hydrogen-bond donors (Lipinski definition) is 4. The van der Waals surface area contributed by atoms with E-state index < -0.39 is 91.5 Å². The number of esters is 3. The van der Waals surface area contributed by atoms with Crippen LogP contribution in [0.2, 0.25) is 0 Å². The fourth-order valence-corrected chi connectivity index (χ4v) is 15.3. The van der Waals surface area contributed by atoms with Gasteiger partial charge in [0.05, 0.1) is 26.4 Å². The Morgan fingerprint density at radius 2 is 0.431 bits per heavy atom. The molecule has 5 unspecified atom stereocenters. The number of unbranched alkanes of at least 4 members (excludes halogenated alkanes) is 45. The molecule has 0 aliphatic heterocycles. The van der Waals surface area contributed by atoms with E-state index in [9.17, 15) is 43.5 Å². The van der Waals surface area contributed by atoms with Crippen LogP contribution in [0.4, 0.5) is 0 Å². The fourth-order valence-electron chi connectivity index (χ4n) is 13.7. The molecule has 0 aromatic heterocycles. The molecule has 708 valence electrons. The van der Waals surface area contributed by atoms with E-state index in [1.165, 1.54) is 231 Å². The van der Waals surface area contributed by atoms with Gasteiger partial charge in [-0.2, -0.15) is 0 Å². The van der Waals surface area contributed by atoms with Crippen LogP contribution in [0.5, 0.6) is 0 Å². The van der Waals surface area contributed by atoms with Crippen molar-refractivity contribution in [2.45, 2.75) is 450 Å². The van der Waals surface area contributed by atoms with Gasteiger partial charge in [-0.1, -0.05) is 416 Å². The number of aliphatic hydroxyl groups is 2. The third kappa shape index (κ3) is 97.6. The van der Waals surface area contributed by atoms with Crippen molar-refractivity contribution in [1.29, 1.82) is 0 Å². The summed E-state index contributed by atoms with van der Waals surface area (Å²) >= 11 is 0. The number of phosphoric acid groups is 2. The van der Waals surface area contributed by atoms with E-state index in [4.69, 9.17) is 32.3 Å². The summed E-state index contributed by atoms with van der Waals surface area (Å²) in [6.45, 7) is 2.55. The molecule has 4 N–H and O–H groups in total. The lowest BCUT2D eigenvalue weighted by Gasteiger charge is -2.21. The molecule has 0 aromatic rings. The Labute approximate surface area is 752 Å². The van der Waals surface area contributed by atoms with Gasteiger partial charge < -0.3 is 34.2 Å². The van der Waals surface area contributed by atoms with Crippen LogP contribution in [0.1, 0.15) is 432 Å². The lowest BCUT2D eigenvalue weighted by atomic mass is 10.0. The fraction of sp³-hybridized carbons (Fsp3) is 0.724. The largest absolute Gasteiger partial charge is 0.472 e. The summed E-state index contributed by atoms with van der Waals surface area (Å²) in [7, 11) is -9.82. The highest BCUT2D eigenvalue weighted by Crippen LogP contribution is 2.45. The first-order valence-corrected chi connectivity index (χ1v) is 52.8. The van der Waals surface area contributed by atoms with E-state index in [2.05, 4.69) is 179 Å². The van der Waals surface area contributed by atoms with Crippen molar-refractivity contribution >= 4 is 33.6 Å². The molecule has 18 heteroatoms. The molecule has 0 amide bonds. The number of ether oxygens (including phenoxy) is 3. The number of aliphatic hydroxyl groups excluding tert-OH is 2. The smallest absolute Gasteiger partial charge is 0.463 e. The number of rotatable bonds is 94. The summed E-state index contributed by atoms with van der Waals surface area (Å²) in [5.74, 6) is -1.58. The molecule has 0 fully saturated rings. The highest BCUT2D eigenvalue weighted by Gasteiger charge is 2.30. The first-order valence-electron chi connectivity index (χ1n) is 49.8. The van der Waals surface area contributed by atoms with Crippen LogP contribution in [0.25, 0.3) is 0 Å². The Bertz CT molecular complexity index is 2870. The van der Waals surface area contributed by atoms with Crippen molar-refractivity contribution in [1.82, 2.24) is 0 Å². The summed E-state index contributed by atoms with van der Waals surface area (Å²) in [5.41, 5.74) is 0.